The third kappa shape index (κ3) is 10.0. The number of rotatable bonds is 8. The number of aromatic nitrogens is 2. The minimum Gasteiger partial charge on any atom is -0.457 e. The Morgan fingerprint density at radius 2 is 1.06 bits per heavy atom. The van der Waals surface area contributed by atoms with E-state index in [9.17, 15) is 0 Å². The molecule has 0 atom stereocenters. The SMILES string of the molecule is CN(c1cc(Oc2ccc3c4ccccc4n(-c4cc(C(C)(C)C)ccn4)c3c2)cc(C(C)(C)C)c1)c1cc(C(C)(C)C)ccc1Nc1cc(-c2ccc(C(C)(C)C)cc2)cc(C(C)(C)C)c1. The maximum Gasteiger partial charge on any atom is 0.137 e. The van der Waals surface area contributed by atoms with E-state index in [0.717, 1.165) is 56.5 Å². The van der Waals surface area contributed by atoms with Crippen LogP contribution in [0.5, 0.6) is 11.5 Å². The molecule has 0 spiro atoms. The van der Waals surface area contributed by atoms with Gasteiger partial charge in [-0.1, -0.05) is 158 Å². The number of fused-ring (bicyclic) bond motifs is 3. The Hall–Kier alpha value is -6.33. The second kappa shape index (κ2) is 17.1. The summed E-state index contributed by atoms with van der Waals surface area (Å²) in [7, 11) is 2.18. The lowest BCUT2D eigenvalue weighted by molar-refractivity contribution is 0.479. The first-order valence-corrected chi connectivity index (χ1v) is 24.0. The summed E-state index contributed by atoms with van der Waals surface area (Å²) in [5.41, 5.74) is 14.9. The Kier molecular flexibility index (Phi) is 12.0. The maximum atomic E-state index is 6.97. The summed E-state index contributed by atoms with van der Waals surface area (Å²) >= 11 is 0. The fourth-order valence-electron chi connectivity index (χ4n) is 8.81. The van der Waals surface area contributed by atoms with Gasteiger partial charge in [0.2, 0.25) is 0 Å². The Labute approximate surface area is 401 Å². The van der Waals surface area contributed by atoms with Crippen LogP contribution in [0.2, 0.25) is 0 Å². The number of para-hydroxylation sites is 1. The summed E-state index contributed by atoms with van der Waals surface area (Å²) in [5.74, 6) is 2.45. The number of nitrogens with one attached hydrogen (secondary N) is 1. The normalized spacial score (nSPS) is 12.8. The van der Waals surface area contributed by atoms with Crippen LogP contribution in [0.3, 0.4) is 0 Å². The van der Waals surface area contributed by atoms with Gasteiger partial charge in [-0.3, -0.25) is 4.57 Å². The Morgan fingerprint density at radius 1 is 0.463 bits per heavy atom. The van der Waals surface area contributed by atoms with E-state index in [1.54, 1.807) is 0 Å². The van der Waals surface area contributed by atoms with Crippen molar-refractivity contribution in [2.45, 2.75) is 131 Å². The van der Waals surface area contributed by atoms with Crippen LogP contribution in [-0.4, -0.2) is 16.6 Å². The third-order valence-electron chi connectivity index (χ3n) is 13.3. The predicted octanol–water partition coefficient (Wildman–Crippen LogP) is 17.6. The van der Waals surface area contributed by atoms with Gasteiger partial charge in [0.05, 0.1) is 22.4 Å². The van der Waals surface area contributed by atoms with E-state index in [4.69, 9.17) is 9.72 Å². The van der Waals surface area contributed by atoms with Gasteiger partial charge in [-0.25, -0.2) is 4.98 Å². The lowest BCUT2D eigenvalue weighted by Gasteiger charge is -2.29. The lowest BCUT2D eigenvalue weighted by atomic mass is 9.83. The van der Waals surface area contributed by atoms with Crippen molar-refractivity contribution in [1.82, 2.24) is 9.55 Å². The zero-order chi connectivity index (χ0) is 48.4. The summed E-state index contributed by atoms with van der Waals surface area (Å²) in [4.78, 5) is 7.23. The van der Waals surface area contributed by atoms with Crippen LogP contribution in [0, 0.1) is 0 Å². The molecule has 2 aromatic heterocycles. The lowest BCUT2D eigenvalue weighted by Crippen LogP contribution is -2.17. The molecule has 2 heterocycles. The highest BCUT2D eigenvalue weighted by molar-refractivity contribution is 6.09. The van der Waals surface area contributed by atoms with Crippen molar-refractivity contribution in [3.05, 3.63) is 167 Å². The highest BCUT2D eigenvalue weighted by Crippen LogP contribution is 2.43. The van der Waals surface area contributed by atoms with Crippen LogP contribution in [0.1, 0.15) is 132 Å². The smallest absolute Gasteiger partial charge is 0.137 e. The van der Waals surface area contributed by atoms with E-state index in [1.807, 2.05) is 6.20 Å². The van der Waals surface area contributed by atoms with E-state index >= 15 is 0 Å². The largest absolute Gasteiger partial charge is 0.457 e. The summed E-state index contributed by atoms with van der Waals surface area (Å²) < 4.78 is 9.24. The average molecular weight is 889 g/mol. The van der Waals surface area contributed by atoms with Crippen molar-refractivity contribution < 1.29 is 4.74 Å². The second-order valence-electron chi connectivity index (χ2n) is 23.8. The number of ether oxygens (including phenoxy) is 1. The molecule has 1 N–H and O–H groups in total. The second-order valence-corrected chi connectivity index (χ2v) is 23.8. The number of benzene rings is 6. The molecule has 6 aromatic carbocycles. The van der Waals surface area contributed by atoms with E-state index in [2.05, 4.69) is 259 Å². The maximum absolute atomic E-state index is 6.97. The number of nitrogens with zero attached hydrogens (tertiary/aromatic N) is 3. The topological polar surface area (TPSA) is 42.3 Å². The average Bonchev–Trinajstić information content (AvgIpc) is 3.58. The van der Waals surface area contributed by atoms with Crippen molar-refractivity contribution in [2.24, 2.45) is 0 Å². The minimum absolute atomic E-state index is 0.0151. The molecule has 8 aromatic rings. The van der Waals surface area contributed by atoms with Gasteiger partial charge >= 0.3 is 0 Å². The quantitative estimate of drug-likeness (QED) is 0.165. The molecule has 0 aliphatic carbocycles. The Bertz CT molecular complexity index is 3100. The minimum atomic E-state index is -0.141. The van der Waals surface area contributed by atoms with Gasteiger partial charge in [0, 0.05) is 47.5 Å². The van der Waals surface area contributed by atoms with Gasteiger partial charge in [-0.05, 0) is 133 Å². The zero-order valence-electron chi connectivity index (χ0n) is 43.0. The van der Waals surface area contributed by atoms with Crippen LogP contribution >= 0.6 is 0 Å². The molecule has 5 heteroatoms. The molecule has 5 nitrogen and oxygen atoms in total. The summed E-state index contributed by atoms with van der Waals surface area (Å²) in [6.45, 7) is 34.1. The van der Waals surface area contributed by atoms with Crippen LogP contribution in [0.15, 0.2) is 140 Å². The molecule has 0 saturated heterocycles. The highest BCUT2D eigenvalue weighted by Gasteiger charge is 2.24. The number of anilines is 4. The van der Waals surface area contributed by atoms with Gasteiger partial charge < -0.3 is 15.0 Å². The first-order chi connectivity index (χ1) is 31.2. The van der Waals surface area contributed by atoms with Crippen molar-refractivity contribution in [3.63, 3.8) is 0 Å². The molecule has 0 saturated carbocycles. The molecule has 8 rings (SSSR count). The zero-order valence-corrected chi connectivity index (χ0v) is 43.0. The van der Waals surface area contributed by atoms with Crippen molar-refractivity contribution in [2.75, 3.05) is 17.3 Å². The summed E-state index contributed by atoms with van der Waals surface area (Å²) in [5, 5.41) is 6.28. The van der Waals surface area contributed by atoms with E-state index in [-0.39, 0.29) is 27.1 Å². The summed E-state index contributed by atoms with van der Waals surface area (Å²) in [6, 6.07) is 49.0. The number of hydrogen-bond acceptors (Lipinski definition) is 4. The first kappa shape index (κ1) is 47.2. The fourth-order valence-corrected chi connectivity index (χ4v) is 8.81. The van der Waals surface area contributed by atoms with Crippen molar-refractivity contribution >= 4 is 44.6 Å². The molecule has 0 radical (unpaired) electrons. The predicted molar refractivity (Wildman–Crippen MR) is 288 cm³/mol. The molecular weight excluding hydrogens is 817 g/mol. The van der Waals surface area contributed by atoms with Gasteiger partial charge in [-0.2, -0.15) is 0 Å². The molecule has 0 bridgehead atoms. The van der Waals surface area contributed by atoms with Crippen LogP contribution in [0.25, 0.3) is 38.8 Å². The van der Waals surface area contributed by atoms with Crippen LogP contribution < -0.4 is 15.0 Å². The van der Waals surface area contributed by atoms with Crippen LogP contribution in [0.4, 0.5) is 22.7 Å². The van der Waals surface area contributed by atoms with E-state index in [1.165, 1.54) is 44.3 Å². The van der Waals surface area contributed by atoms with Gasteiger partial charge in [0.15, 0.2) is 0 Å². The Balaban J connectivity index is 1.21. The van der Waals surface area contributed by atoms with E-state index < -0.39 is 0 Å². The molecule has 0 unspecified atom stereocenters. The van der Waals surface area contributed by atoms with Gasteiger partial charge in [-0.15, -0.1) is 0 Å². The van der Waals surface area contributed by atoms with Crippen molar-refractivity contribution in [3.8, 4) is 28.4 Å². The highest BCUT2D eigenvalue weighted by atomic mass is 16.5. The van der Waals surface area contributed by atoms with Crippen LogP contribution in [-0.2, 0) is 27.1 Å². The van der Waals surface area contributed by atoms with Gasteiger partial charge in [0.1, 0.15) is 17.3 Å². The molecule has 0 aliphatic rings. The molecule has 0 aliphatic heterocycles. The molecule has 346 valence electrons. The molecule has 0 amide bonds. The first-order valence-electron chi connectivity index (χ1n) is 24.0. The standard InChI is InChI=1S/C62H72N4O/c1-58(2,3)42-23-21-40(22-24-42)41-31-45(61(10,11)12)33-47(32-41)64-53-28-25-43(59(4,5)6)36-56(53)65(16)48-34-46(62(13,14)15)35-50(38-48)67-49-26-27-52-51-19-17-18-20-54(51)66(55(52)39-49)57-37-44(29-30-63-57)60(7,8)9/h17-39,64H,1-16H3. The Morgan fingerprint density at radius 3 is 1.72 bits per heavy atom. The molecule has 67 heavy (non-hydrogen) atoms. The summed E-state index contributed by atoms with van der Waals surface area (Å²) in [6.07, 6.45) is 1.93. The molecule has 0 fully saturated rings. The third-order valence-corrected chi connectivity index (χ3v) is 13.3. The van der Waals surface area contributed by atoms with Gasteiger partial charge in [0.25, 0.3) is 0 Å². The number of pyridine rings is 1. The van der Waals surface area contributed by atoms with Crippen molar-refractivity contribution in [1.29, 1.82) is 0 Å². The van der Waals surface area contributed by atoms with E-state index in [0.29, 0.717) is 0 Å². The monoisotopic (exact) mass is 889 g/mol. The molecular formula is C62H72N4O. The fraction of sp³-hybridized carbons (Fsp3) is 0.339. The number of hydrogen-bond donors (Lipinski definition) is 1.